The van der Waals surface area contributed by atoms with Crippen LogP contribution in [0.5, 0.6) is 0 Å². The molecule has 32 heavy (non-hydrogen) atoms. The second-order valence-corrected chi connectivity index (χ2v) is 10.1. The molecule has 0 unspecified atom stereocenters. The third-order valence-corrected chi connectivity index (χ3v) is 7.51. The molecule has 8 heteroatoms. The summed E-state index contributed by atoms with van der Waals surface area (Å²) in [6.45, 7) is 0. The molecule has 2 aromatic rings. The zero-order valence-corrected chi connectivity index (χ0v) is 18.7. The van der Waals surface area contributed by atoms with Crippen LogP contribution in [0.3, 0.4) is 0 Å². The summed E-state index contributed by atoms with van der Waals surface area (Å²) >= 11 is 12.4. The summed E-state index contributed by atoms with van der Waals surface area (Å²) in [5.41, 5.74) is -0.516. The Labute approximate surface area is 195 Å². The van der Waals surface area contributed by atoms with E-state index in [0.717, 1.165) is 18.4 Å². The van der Waals surface area contributed by atoms with Gasteiger partial charge in [0.05, 0.1) is 11.8 Å². The molecule has 1 saturated heterocycles. The number of hydrogen-bond acceptors (Lipinski definition) is 3. The molecule has 2 aliphatic heterocycles. The van der Waals surface area contributed by atoms with Crippen LogP contribution in [-0.2, 0) is 19.9 Å². The van der Waals surface area contributed by atoms with Gasteiger partial charge in [-0.3, -0.25) is 14.4 Å². The Morgan fingerprint density at radius 3 is 2.50 bits per heavy atom. The van der Waals surface area contributed by atoms with Crippen LogP contribution in [0.25, 0.3) is 0 Å². The first-order chi connectivity index (χ1) is 15.2. The minimum Gasteiger partial charge on any atom is -0.481 e. The van der Waals surface area contributed by atoms with Gasteiger partial charge < -0.3 is 15.7 Å². The lowest BCUT2D eigenvalue weighted by Crippen LogP contribution is -2.64. The third-order valence-electron chi connectivity index (χ3n) is 7.04. The first kappa shape index (κ1) is 21.3. The van der Waals surface area contributed by atoms with Gasteiger partial charge >= 0.3 is 5.97 Å². The second kappa shape index (κ2) is 7.49. The molecule has 0 aromatic heterocycles. The molecule has 3 N–H and O–H groups in total. The van der Waals surface area contributed by atoms with Gasteiger partial charge in [-0.05, 0) is 48.6 Å². The summed E-state index contributed by atoms with van der Waals surface area (Å²) in [4.78, 5) is 39.0. The van der Waals surface area contributed by atoms with Gasteiger partial charge in [-0.1, -0.05) is 54.2 Å². The zero-order chi connectivity index (χ0) is 22.7. The van der Waals surface area contributed by atoms with E-state index in [-0.39, 0.29) is 24.7 Å². The summed E-state index contributed by atoms with van der Waals surface area (Å²) < 4.78 is 0. The molecule has 5 rings (SSSR count). The average Bonchev–Trinajstić information content (AvgIpc) is 3.48. The third kappa shape index (κ3) is 3.37. The number of fused-ring (bicyclic) bond motifs is 2. The quantitative estimate of drug-likeness (QED) is 0.587. The van der Waals surface area contributed by atoms with E-state index in [9.17, 15) is 19.5 Å². The number of benzene rings is 2. The lowest BCUT2D eigenvalue weighted by molar-refractivity contribution is -0.152. The van der Waals surface area contributed by atoms with Crippen LogP contribution < -0.4 is 10.6 Å². The number of hydrogen-bond donors (Lipinski definition) is 3. The highest BCUT2D eigenvalue weighted by Gasteiger charge is 2.62. The Kier molecular flexibility index (Phi) is 4.98. The average molecular weight is 473 g/mol. The summed E-state index contributed by atoms with van der Waals surface area (Å²) in [5, 5.41) is 16.5. The first-order valence-corrected chi connectivity index (χ1v) is 11.4. The van der Waals surface area contributed by atoms with Crippen molar-refractivity contribution in [3.63, 3.8) is 0 Å². The maximum atomic E-state index is 13.6. The molecule has 2 amide bonds. The number of halogens is 2. The van der Waals surface area contributed by atoms with Crippen LogP contribution in [0.2, 0.25) is 10.0 Å². The van der Waals surface area contributed by atoms with E-state index < -0.39 is 22.8 Å². The van der Waals surface area contributed by atoms with Crippen molar-refractivity contribution < 1.29 is 19.5 Å². The highest BCUT2D eigenvalue weighted by molar-refractivity contribution is 6.31. The number of aliphatic carboxylic acids is 1. The fourth-order valence-electron chi connectivity index (χ4n) is 5.47. The van der Waals surface area contributed by atoms with Crippen LogP contribution in [-0.4, -0.2) is 22.9 Å². The molecule has 166 valence electrons. The number of carbonyl (C=O) groups excluding carboxylic acids is 2. The van der Waals surface area contributed by atoms with Crippen molar-refractivity contribution in [1.29, 1.82) is 0 Å². The number of nitrogens with one attached hydrogen (secondary N) is 2. The smallest absolute Gasteiger partial charge is 0.304 e. The number of rotatable bonds is 5. The second-order valence-electron chi connectivity index (χ2n) is 9.22. The summed E-state index contributed by atoms with van der Waals surface area (Å²) in [6.07, 6.45) is 2.43. The largest absolute Gasteiger partial charge is 0.481 e. The van der Waals surface area contributed by atoms with Gasteiger partial charge in [0, 0.05) is 27.2 Å². The Balaban J connectivity index is 1.69. The van der Waals surface area contributed by atoms with E-state index in [0.29, 0.717) is 33.6 Å². The van der Waals surface area contributed by atoms with Crippen LogP contribution in [0, 0.1) is 11.3 Å². The molecule has 2 fully saturated rings. The highest BCUT2D eigenvalue weighted by Crippen LogP contribution is 2.57. The van der Waals surface area contributed by atoms with E-state index in [1.807, 2.05) is 6.07 Å². The summed E-state index contributed by atoms with van der Waals surface area (Å²) in [6, 6.07) is 12.3. The minimum absolute atomic E-state index is 0.234. The van der Waals surface area contributed by atoms with Crippen LogP contribution in [0.15, 0.2) is 42.5 Å². The van der Waals surface area contributed by atoms with Gasteiger partial charge in [0.1, 0.15) is 0 Å². The van der Waals surface area contributed by atoms with Crippen LogP contribution in [0.1, 0.15) is 49.1 Å². The number of carboxylic acid groups (broad SMARTS) is 1. The molecule has 1 aliphatic carbocycles. The lowest BCUT2D eigenvalue weighted by Gasteiger charge is -2.49. The Hall–Kier alpha value is -2.57. The van der Waals surface area contributed by atoms with Gasteiger partial charge in [0.2, 0.25) is 5.91 Å². The predicted octanol–water partition coefficient (Wildman–Crippen LogP) is 4.71. The van der Waals surface area contributed by atoms with Crippen molar-refractivity contribution in [2.45, 2.75) is 43.6 Å². The van der Waals surface area contributed by atoms with E-state index in [2.05, 4.69) is 10.6 Å². The van der Waals surface area contributed by atoms with Gasteiger partial charge in [-0.25, -0.2) is 0 Å². The number of carboxylic acids is 1. The number of amides is 2. The molecule has 2 heterocycles. The Morgan fingerprint density at radius 1 is 1.06 bits per heavy atom. The zero-order valence-electron chi connectivity index (χ0n) is 17.2. The van der Waals surface area contributed by atoms with Gasteiger partial charge in [-0.2, -0.15) is 0 Å². The minimum atomic E-state index is -1.37. The van der Waals surface area contributed by atoms with E-state index in [1.165, 1.54) is 0 Å². The molecule has 2 aromatic carbocycles. The van der Waals surface area contributed by atoms with Crippen molar-refractivity contribution in [1.82, 2.24) is 5.32 Å². The molecular formula is C24H22Cl2N2O4. The number of carbonyl (C=O) groups is 3. The Morgan fingerprint density at radius 2 is 1.81 bits per heavy atom. The maximum Gasteiger partial charge on any atom is 0.304 e. The molecule has 0 bridgehead atoms. The van der Waals surface area contributed by atoms with Gasteiger partial charge in [0.15, 0.2) is 5.54 Å². The molecule has 0 radical (unpaired) electrons. The van der Waals surface area contributed by atoms with Gasteiger partial charge in [0.25, 0.3) is 5.91 Å². The fraction of sp³-hybridized carbons (Fsp3) is 0.375. The van der Waals surface area contributed by atoms with Crippen LogP contribution in [0.4, 0.5) is 5.69 Å². The monoisotopic (exact) mass is 472 g/mol. The van der Waals surface area contributed by atoms with Gasteiger partial charge in [-0.15, -0.1) is 0 Å². The molecule has 1 spiro atoms. The summed E-state index contributed by atoms with van der Waals surface area (Å²) in [5.74, 6) is -1.94. The molecular weight excluding hydrogens is 451 g/mol. The highest BCUT2D eigenvalue weighted by atomic mass is 35.5. The standard InChI is InChI=1S/C24H22Cl2N2O4/c25-15-3-1-2-14(8-15)18-11-23(12-20(29)30,10-13-4-5-13)21(31)28-24(18)17-7-6-16(26)9-19(17)27-22(24)32/h1-3,6-9,13,18H,4-5,10-12H2,(H,27,32)(H,28,31)(H,29,30)/t18-,23-,24-/m1/s1. The van der Waals surface area contributed by atoms with Crippen molar-refractivity contribution in [2.75, 3.05) is 5.32 Å². The maximum absolute atomic E-state index is 13.6. The molecule has 3 aliphatic rings. The Bertz CT molecular complexity index is 1150. The van der Waals surface area contributed by atoms with Crippen molar-refractivity contribution >= 4 is 46.7 Å². The first-order valence-electron chi connectivity index (χ1n) is 10.6. The molecule has 3 atom stereocenters. The number of piperidine rings is 1. The van der Waals surface area contributed by atoms with E-state index >= 15 is 0 Å². The molecule has 6 nitrogen and oxygen atoms in total. The fourth-order valence-corrected chi connectivity index (χ4v) is 5.84. The normalized spacial score (nSPS) is 28.9. The SMILES string of the molecule is O=C(O)C[C@@]1(CC2CC2)C[C@H](c2cccc(Cl)c2)[C@@]2(NC1=O)C(=O)Nc1cc(Cl)ccc12. The van der Waals surface area contributed by atoms with Crippen molar-refractivity contribution in [2.24, 2.45) is 11.3 Å². The van der Waals surface area contributed by atoms with E-state index in [1.54, 1.807) is 36.4 Å². The topological polar surface area (TPSA) is 95.5 Å². The van der Waals surface area contributed by atoms with E-state index in [4.69, 9.17) is 23.2 Å². The number of anilines is 1. The van der Waals surface area contributed by atoms with Crippen LogP contribution >= 0.6 is 23.2 Å². The molecule has 1 saturated carbocycles. The summed E-state index contributed by atoms with van der Waals surface area (Å²) in [7, 11) is 0. The lowest BCUT2D eigenvalue weighted by atomic mass is 9.60. The van der Waals surface area contributed by atoms with Crippen molar-refractivity contribution in [3.8, 4) is 0 Å². The van der Waals surface area contributed by atoms with Crippen molar-refractivity contribution in [3.05, 3.63) is 63.6 Å². The predicted molar refractivity (Wildman–Crippen MR) is 121 cm³/mol.